The van der Waals surface area contributed by atoms with E-state index in [1.165, 1.54) is 11.5 Å². The van der Waals surface area contributed by atoms with Crippen LogP contribution in [0.15, 0.2) is 27.8 Å². The van der Waals surface area contributed by atoms with Crippen LogP contribution in [0.25, 0.3) is 11.2 Å². The molecule has 0 radical (unpaired) electrons. The number of carbonyl (C=O) groups excluding carboxylic acids is 1. The Hall–Kier alpha value is -3.36. The molecule has 0 saturated heterocycles. The second-order valence-electron chi connectivity index (χ2n) is 7.00. The van der Waals surface area contributed by atoms with Crippen LogP contribution in [0.4, 0.5) is 11.6 Å². The van der Waals surface area contributed by atoms with E-state index in [1.807, 2.05) is 30.0 Å². The Bertz CT molecular complexity index is 1230. The van der Waals surface area contributed by atoms with Gasteiger partial charge in [-0.3, -0.25) is 18.7 Å². The third-order valence-electron chi connectivity index (χ3n) is 5.01. The van der Waals surface area contributed by atoms with Crippen molar-refractivity contribution in [3.05, 3.63) is 44.6 Å². The molecule has 0 N–H and O–H groups in total. The van der Waals surface area contributed by atoms with Crippen molar-refractivity contribution < 1.29 is 9.53 Å². The molecular weight excluding hydrogens is 362 g/mol. The molecule has 0 fully saturated rings. The first-order chi connectivity index (χ1) is 13.3. The number of hydrogen-bond acceptors (Lipinski definition) is 6. The van der Waals surface area contributed by atoms with E-state index >= 15 is 0 Å². The number of ketones is 1. The van der Waals surface area contributed by atoms with E-state index in [9.17, 15) is 14.4 Å². The fourth-order valence-electron chi connectivity index (χ4n) is 3.68. The number of aromatic nitrogens is 4. The molecule has 146 valence electrons. The fourth-order valence-corrected chi connectivity index (χ4v) is 3.68. The molecule has 0 bridgehead atoms. The number of benzene rings is 1. The van der Waals surface area contributed by atoms with Crippen molar-refractivity contribution in [3.8, 4) is 5.75 Å². The number of fused-ring (bicyclic) bond motifs is 3. The average molecular weight is 383 g/mol. The number of hydrogen-bond donors (Lipinski definition) is 0. The van der Waals surface area contributed by atoms with Crippen molar-refractivity contribution >= 4 is 28.6 Å². The van der Waals surface area contributed by atoms with E-state index in [1.54, 1.807) is 18.7 Å². The highest BCUT2D eigenvalue weighted by atomic mass is 16.5. The summed E-state index contributed by atoms with van der Waals surface area (Å²) in [6, 6.07) is 5.86. The van der Waals surface area contributed by atoms with Gasteiger partial charge in [0.2, 0.25) is 5.95 Å². The SMILES string of the molecule is COc1ccc(C)cc1N1CCn2c1nc1c2c(=O)n(CC(C)=O)c(=O)n1C. The lowest BCUT2D eigenvalue weighted by Gasteiger charge is -2.19. The Labute approximate surface area is 160 Å². The Morgan fingerprint density at radius 2 is 2.00 bits per heavy atom. The van der Waals surface area contributed by atoms with Crippen molar-refractivity contribution in [2.75, 3.05) is 18.6 Å². The molecule has 4 rings (SSSR count). The van der Waals surface area contributed by atoms with Gasteiger partial charge in [-0.25, -0.2) is 4.79 Å². The van der Waals surface area contributed by atoms with Gasteiger partial charge in [-0.2, -0.15) is 4.98 Å². The summed E-state index contributed by atoms with van der Waals surface area (Å²) in [5.41, 5.74) is 1.51. The number of anilines is 2. The zero-order valence-corrected chi connectivity index (χ0v) is 16.2. The molecule has 1 aliphatic heterocycles. The summed E-state index contributed by atoms with van der Waals surface area (Å²) in [6.07, 6.45) is 0. The number of imidazole rings is 1. The molecule has 1 aromatic carbocycles. The molecule has 3 heterocycles. The lowest BCUT2D eigenvalue weighted by atomic mass is 10.2. The predicted octanol–water partition coefficient (Wildman–Crippen LogP) is 0.954. The fraction of sp³-hybridized carbons (Fsp3) is 0.368. The molecule has 2 aromatic heterocycles. The normalized spacial score (nSPS) is 13.2. The van der Waals surface area contributed by atoms with E-state index in [0.717, 1.165) is 15.8 Å². The van der Waals surface area contributed by atoms with Crippen LogP contribution in [-0.4, -0.2) is 38.1 Å². The first-order valence-electron chi connectivity index (χ1n) is 8.95. The number of carbonyl (C=O) groups is 1. The van der Waals surface area contributed by atoms with Crippen molar-refractivity contribution in [1.29, 1.82) is 0 Å². The largest absolute Gasteiger partial charge is 0.495 e. The topological polar surface area (TPSA) is 91.4 Å². The zero-order valence-electron chi connectivity index (χ0n) is 16.2. The lowest BCUT2D eigenvalue weighted by molar-refractivity contribution is -0.117. The Morgan fingerprint density at radius 1 is 1.25 bits per heavy atom. The van der Waals surface area contributed by atoms with Crippen LogP contribution in [0.5, 0.6) is 5.75 Å². The minimum absolute atomic E-state index is 0.253. The van der Waals surface area contributed by atoms with Crippen LogP contribution in [0, 0.1) is 6.92 Å². The highest BCUT2D eigenvalue weighted by molar-refractivity contribution is 5.80. The third-order valence-corrected chi connectivity index (χ3v) is 5.01. The van der Waals surface area contributed by atoms with Gasteiger partial charge in [0.1, 0.15) is 11.5 Å². The van der Waals surface area contributed by atoms with Crippen molar-refractivity contribution in [3.63, 3.8) is 0 Å². The molecule has 9 nitrogen and oxygen atoms in total. The quantitative estimate of drug-likeness (QED) is 0.666. The Kier molecular flexibility index (Phi) is 4.10. The summed E-state index contributed by atoms with van der Waals surface area (Å²) in [7, 11) is 3.17. The molecule has 1 aliphatic rings. The van der Waals surface area contributed by atoms with Gasteiger partial charge < -0.3 is 14.2 Å². The first-order valence-corrected chi connectivity index (χ1v) is 8.95. The minimum atomic E-state index is -0.552. The van der Waals surface area contributed by atoms with Gasteiger partial charge >= 0.3 is 5.69 Å². The standard InChI is InChI=1S/C19H21N5O4/c1-11-5-6-14(28-4)13(9-11)22-7-8-23-15-16(20-18(22)23)21(3)19(27)24(17(15)26)10-12(2)25/h5-6,9H,7-8,10H2,1-4H3. The van der Waals surface area contributed by atoms with E-state index in [4.69, 9.17) is 4.74 Å². The molecule has 3 aromatic rings. The Morgan fingerprint density at radius 3 is 2.68 bits per heavy atom. The number of nitrogens with zero attached hydrogens (tertiary/aromatic N) is 5. The number of Topliss-reactive ketones (excluding diaryl/α,β-unsaturated/α-hetero) is 1. The minimum Gasteiger partial charge on any atom is -0.495 e. The summed E-state index contributed by atoms with van der Waals surface area (Å²) in [5, 5.41) is 0. The van der Waals surface area contributed by atoms with E-state index in [-0.39, 0.29) is 12.3 Å². The summed E-state index contributed by atoms with van der Waals surface area (Å²) in [5.74, 6) is 1.02. The predicted molar refractivity (Wildman–Crippen MR) is 105 cm³/mol. The van der Waals surface area contributed by atoms with Gasteiger partial charge in [0.25, 0.3) is 5.56 Å². The maximum atomic E-state index is 13.0. The molecule has 28 heavy (non-hydrogen) atoms. The maximum absolute atomic E-state index is 13.0. The summed E-state index contributed by atoms with van der Waals surface area (Å²) in [6.45, 7) is 4.25. The molecule has 0 atom stereocenters. The summed E-state index contributed by atoms with van der Waals surface area (Å²) < 4.78 is 9.58. The molecule has 9 heteroatoms. The van der Waals surface area contributed by atoms with Crippen LogP contribution < -0.4 is 20.9 Å². The zero-order chi connectivity index (χ0) is 20.2. The summed E-state index contributed by atoms with van der Waals surface area (Å²) >= 11 is 0. The van der Waals surface area contributed by atoms with Gasteiger partial charge in [0, 0.05) is 20.1 Å². The number of rotatable bonds is 4. The number of methoxy groups -OCH3 is 1. The van der Waals surface area contributed by atoms with E-state index < -0.39 is 11.2 Å². The van der Waals surface area contributed by atoms with E-state index in [0.29, 0.717) is 36.0 Å². The van der Waals surface area contributed by atoms with Gasteiger partial charge in [0.05, 0.1) is 19.3 Å². The monoisotopic (exact) mass is 383 g/mol. The molecule has 0 saturated carbocycles. The van der Waals surface area contributed by atoms with Crippen LogP contribution in [0.2, 0.25) is 0 Å². The summed E-state index contributed by atoms with van der Waals surface area (Å²) in [4.78, 5) is 43.6. The maximum Gasteiger partial charge on any atom is 0.332 e. The smallest absolute Gasteiger partial charge is 0.332 e. The molecule has 0 aliphatic carbocycles. The molecular formula is C19H21N5O4. The second kappa shape index (κ2) is 6.36. The Balaban J connectivity index is 1.97. The van der Waals surface area contributed by atoms with E-state index in [2.05, 4.69) is 4.98 Å². The van der Waals surface area contributed by atoms with Crippen molar-refractivity contribution in [2.24, 2.45) is 7.05 Å². The second-order valence-corrected chi connectivity index (χ2v) is 7.00. The van der Waals surface area contributed by atoms with Crippen molar-refractivity contribution in [1.82, 2.24) is 18.7 Å². The molecule has 0 spiro atoms. The third kappa shape index (κ3) is 2.54. The van der Waals surface area contributed by atoms with Crippen LogP contribution in [0.3, 0.4) is 0 Å². The number of ether oxygens (including phenoxy) is 1. The highest BCUT2D eigenvalue weighted by Crippen LogP contribution is 2.37. The van der Waals surface area contributed by atoms with Crippen LogP contribution in [0.1, 0.15) is 12.5 Å². The molecule has 0 unspecified atom stereocenters. The van der Waals surface area contributed by atoms with Gasteiger partial charge in [-0.15, -0.1) is 0 Å². The lowest BCUT2D eigenvalue weighted by Crippen LogP contribution is -2.41. The van der Waals surface area contributed by atoms with Crippen LogP contribution >= 0.6 is 0 Å². The highest BCUT2D eigenvalue weighted by Gasteiger charge is 2.30. The number of aryl methyl sites for hydroxylation is 2. The first kappa shape index (κ1) is 18.0. The van der Waals surface area contributed by atoms with Gasteiger partial charge in [0.15, 0.2) is 11.2 Å². The van der Waals surface area contributed by atoms with Gasteiger partial charge in [-0.1, -0.05) is 6.07 Å². The average Bonchev–Trinajstić information content (AvgIpc) is 3.22. The molecule has 0 amide bonds. The van der Waals surface area contributed by atoms with Crippen LogP contribution in [-0.2, 0) is 24.9 Å². The van der Waals surface area contributed by atoms with Crippen molar-refractivity contribution in [2.45, 2.75) is 26.9 Å². The van der Waals surface area contributed by atoms with Gasteiger partial charge in [-0.05, 0) is 31.5 Å².